The standard InChI is InChI=1S/C14H15N5O3S/c1-9(2)12-13(20)18(14(23-3)17-16-12)15-8-10-4-6-11(7-5-10)19(21)22/h4-9H,1-3H3. The maximum atomic E-state index is 12.4. The fourth-order valence-corrected chi connectivity index (χ4v) is 2.20. The van der Waals surface area contributed by atoms with Crippen molar-refractivity contribution in [1.82, 2.24) is 14.9 Å². The molecule has 0 amide bonds. The number of nitrogens with zero attached hydrogens (tertiary/aromatic N) is 5. The molecule has 0 spiro atoms. The van der Waals surface area contributed by atoms with E-state index in [4.69, 9.17) is 0 Å². The van der Waals surface area contributed by atoms with Crippen LogP contribution in [-0.4, -0.2) is 32.3 Å². The van der Waals surface area contributed by atoms with Gasteiger partial charge in [0, 0.05) is 18.1 Å². The minimum absolute atomic E-state index is 0.00297. The lowest BCUT2D eigenvalue weighted by molar-refractivity contribution is -0.384. The van der Waals surface area contributed by atoms with Gasteiger partial charge >= 0.3 is 0 Å². The summed E-state index contributed by atoms with van der Waals surface area (Å²) in [6, 6.07) is 5.88. The van der Waals surface area contributed by atoms with E-state index in [0.29, 0.717) is 16.4 Å². The lowest BCUT2D eigenvalue weighted by Gasteiger charge is -2.07. The third kappa shape index (κ3) is 3.81. The first-order valence-electron chi connectivity index (χ1n) is 6.76. The van der Waals surface area contributed by atoms with E-state index in [1.165, 1.54) is 34.8 Å². The van der Waals surface area contributed by atoms with Gasteiger partial charge in [0.15, 0.2) is 0 Å². The molecular weight excluding hydrogens is 318 g/mol. The second kappa shape index (κ2) is 7.14. The Bertz CT molecular complexity index is 799. The molecule has 1 heterocycles. The van der Waals surface area contributed by atoms with E-state index < -0.39 is 4.92 Å². The number of aromatic nitrogens is 3. The van der Waals surface area contributed by atoms with Crippen LogP contribution in [0.15, 0.2) is 39.3 Å². The van der Waals surface area contributed by atoms with Crippen LogP contribution in [0.25, 0.3) is 0 Å². The third-order valence-electron chi connectivity index (χ3n) is 2.99. The molecule has 0 unspecified atom stereocenters. The Morgan fingerprint density at radius 1 is 1.30 bits per heavy atom. The van der Waals surface area contributed by atoms with Crippen LogP contribution >= 0.6 is 11.8 Å². The molecule has 0 saturated carbocycles. The number of nitro benzene ring substituents is 1. The van der Waals surface area contributed by atoms with Crippen molar-refractivity contribution in [3.8, 4) is 0 Å². The van der Waals surface area contributed by atoms with Gasteiger partial charge in [0.2, 0.25) is 5.16 Å². The van der Waals surface area contributed by atoms with Crippen LogP contribution in [-0.2, 0) is 0 Å². The molecule has 0 saturated heterocycles. The first-order chi connectivity index (χ1) is 10.9. The van der Waals surface area contributed by atoms with Gasteiger partial charge in [0.25, 0.3) is 11.2 Å². The maximum Gasteiger partial charge on any atom is 0.297 e. The summed E-state index contributed by atoms with van der Waals surface area (Å²) in [5, 5.41) is 23.1. The molecule has 2 aromatic rings. The zero-order valence-corrected chi connectivity index (χ0v) is 13.6. The van der Waals surface area contributed by atoms with Gasteiger partial charge in [-0.3, -0.25) is 14.9 Å². The minimum Gasteiger partial charge on any atom is -0.265 e. The Labute approximate surface area is 136 Å². The van der Waals surface area contributed by atoms with Crippen molar-refractivity contribution in [2.75, 3.05) is 6.26 Å². The van der Waals surface area contributed by atoms with Crippen LogP contribution in [0.4, 0.5) is 5.69 Å². The second-order valence-electron chi connectivity index (χ2n) is 4.94. The quantitative estimate of drug-likeness (QED) is 0.360. The van der Waals surface area contributed by atoms with Crippen molar-refractivity contribution in [1.29, 1.82) is 0 Å². The number of non-ortho nitro benzene ring substituents is 1. The Morgan fingerprint density at radius 3 is 2.48 bits per heavy atom. The van der Waals surface area contributed by atoms with Crippen molar-refractivity contribution in [2.24, 2.45) is 5.10 Å². The van der Waals surface area contributed by atoms with E-state index in [-0.39, 0.29) is 17.2 Å². The molecule has 0 fully saturated rings. The maximum absolute atomic E-state index is 12.4. The third-order valence-corrected chi connectivity index (χ3v) is 3.61. The fourth-order valence-electron chi connectivity index (χ4n) is 1.78. The summed E-state index contributed by atoms with van der Waals surface area (Å²) in [6.07, 6.45) is 3.23. The topological polar surface area (TPSA) is 103 Å². The number of nitro groups is 1. The van der Waals surface area contributed by atoms with Crippen molar-refractivity contribution < 1.29 is 4.92 Å². The highest BCUT2D eigenvalue weighted by atomic mass is 32.2. The lowest BCUT2D eigenvalue weighted by atomic mass is 10.1. The molecular formula is C14H15N5O3S. The van der Waals surface area contributed by atoms with Gasteiger partial charge in [-0.05, 0) is 24.0 Å². The van der Waals surface area contributed by atoms with Crippen LogP contribution in [0.5, 0.6) is 0 Å². The molecule has 0 aliphatic carbocycles. The highest BCUT2D eigenvalue weighted by molar-refractivity contribution is 7.98. The monoisotopic (exact) mass is 333 g/mol. The van der Waals surface area contributed by atoms with Gasteiger partial charge < -0.3 is 0 Å². The van der Waals surface area contributed by atoms with Gasteiger partial charge in [-0.15, -0.1) is 10.2 Å². The van der Waals surface area contributed by atoms with Crippen molar-refractivity contribution in [3.63, 3.8) is 0 Å². The van der Waals surface area contributed by atoms with E-state index >= 15 is 0 Å². The van der Waals surface area contributed by atoms with Crippen LogP contribution in [0.2, 0.25) is 0 Å². The minimum atomic E-state index is -0.473. The Morgan fingerprint density at radius 2 is 1.96 bits per heavy atom. The predicted octanol–water partition coefficient (Wildman–Crippen LogP) is 2.27. The molecule has 0 aliphatic heterocycles. The summed E-state index contributed by atoms with van der Waals surface area (Å²) in [6.45, 7) is 3.71. The number of thioether (sulfide) groups is 1. The van der Waals surface area contributed by atoms with Crippen molar-refractivity contribution in [2.45, 2.75) is 24.9 Å². The Hall–Kier alpha value is -2.55. The molecule has 1 aromatic carbocycles. The zero-order valence-electron chi connectivity index (χ0n) is 12.8. The van der Waals surface area contributed by atoms with E-state index in [9.17, 15) is 14.9 Å². The Kier molecular flexibility index (Phi) is 5.22. The van der Waals surface area contributed by atoms with Gasteiger partial charge in [0.05, 0.1) is 11.1 Å². The van der Waals surface area contributed by atoms with Crippen molar-refractivity contribution >= 4 is 23.7 Å². The second-order valence-corrected chi connectivity index (χ2v) is 5.71. The average molecular weight is 333 g/mol. The molecule has 9 heteroatoms. The summed E-state index contributed by atoms with van der Waals surface area (Å²) < 4.78 is 1.19. The Balaban J connectivity index is 2.40. The molecule has 8 nitrogen and oxygen atoms in total. The molecule has 0 N–H and O–H groups in total. The fraction of sp³-hybridized carbons (Fsp3) is 0.286. The van der Waals surface area contributed by atoms with E-state index in [0.717, 1.165) is 0 Å². The number of rotatable bonds is 5. The zero-order chi connectivity index (χ0) is 17.0. The van der Waals surface area contributed by atoms with E-state index in [2.05, 4.69) is 15.3 Å². The number of hydrogen-bond donors (Lipinski definition) is 0. The number of hydrogen-bond acceptors (Lipinski definition) is 7. The molecule has 2 rings (SSSR count). The molecule has 0 radical (unpaired) electrons. The highest BCUT2D eigenvalue weighted by Crippen LogP contribution is 2.13. The summed E-state index contributed by atoms with van der Waals surface area (Å²) in [7, 11) is 0. The van der Waals surface area contributed by atoms with Gasteiger partial charge in [-0.1, -0.05) is 25.6 Å². The van der Waals surface area contributed by atoms with Crippen LogP contribution in [0.3, 0.4) is 0 Å². The van der Waals surface area contributed by atoms with Crippen molar-refractivity contribution in [3.05, 3.63) is 56.0 Å². The lowest BCUT2D eigenvalue weighted by Crippen LogP contribution is -2.26. The van der Waals surface area contributed by atoms with Gasteiger partial charge in [-0.25, -0.2) is 0 Å². The first kappa shape index (κ1) is 16.8. The van der Waals surface area contributed by atoms with Gasteiger partial charge in [-0.2, -0.15) is 9.78 Å². The van der Waals surface area contributed by atoms with E-state index in [1.807, 2.05) is 13.8 Å². The van der Waals surface area contributed by atoms with Gasteiger partial charge in [0.1, 0.15) is 5.69 Å². The number of benzene rings is 1. The normalized spacial score (nSPS) is 11.3. The first-order valence-corrected chi connectivity index (χ1v) is 7.99. The molecule has 120 valence electrons. The predicted molar refractivity (Wildman–Crippen MR) is 88.3 cm³/mol. The molecule has 0 atom stereocenters. The molecule has 1 aromatic heterocycles. The SMILES string of the molecule is CSc1nnc(C(C)C)c(=O)n1N=Cc1ccc([N+](=O)[O-])cc1. The van der Waals surface area contributed by atoms with E-state index in [1.54, 1.807) is 18.4 Å². The van der Waals surface area contributed by atoms with Crippen LogP contribution in [0, 0.1) is 10.1 Å². The molecule has 23 heavy (non-hydrogen) atoms. The van der Waals surface area contributed by atoms with Crippen LogP contribution in [0.1, 0.15) is 31.0 Å². The summed E-state index contributed by atoms with van der Waals surface area (Å²) in [4.78, 5) is 22.6. The average Bonchev–Trinajstić information content (AvgIpc) is 2.53. The van der Waals surface area contributed by atoms with Crippen LogP contribution < -0.4 is 5.56 Å². The summed E-state index contributed by atoms with van der Waals surface area (Å²) >= 11 is 1.26. The molecule has 0 bridgehead atoms. The highest BCUT2D eigenvalue weighted by Gasteiger charge is 2.13. The molecule has 0 aliphatic rings. The largest absolute Gasteiger partial charge is 0.297 e. The smallest absolute Gasteiger partial charge is 0.265 e. The summed E-state index contributed by atoms with van der Waals surface area (Å²) in [5.41, 5.74) is 0.649. The summed E-state index contributed by atoms with van der Waals surface area (Å²) in [5.74, 6) is -0.0632.